The number of nitrogens with zero attached hydrogens (tertiary/aromatic N) is 4. The van der Waals surface area contributed by atoms with Gasteiger partial charge >= 0.3 is 0 Å². The van der Waals surface area contributed by atoms with E-state index in [4.69, 9.17) is 4.74 Å². The van der Waals surface area contributed by atoms with E-state index in [-0.39, 0.29) is 0 Å². The Labute approximate surface area is 158 Å². The summed E-state index contributed by atoms with van der Waals surface area (Å²) in [5.41, 5.74) is 0. The van der Waals surface area contributed by atoms with Gasteiger partial charge in [-0.25, -0.2) is 0 Å². The lowest BCUT2D eigenvalue weighted by Crippen LogP contribution is -2.43. The predicted octanol–water partition coefficient (Wildman–Crippen LogP) is 2.33. The van der Waals surface area contributed by atoms with E-state index in [0.717, 1.165) is 52.5 Å². The van der Waals surface area contributed by atoms with Crippen molar-refractivity contribution >= 4 is 0 Å². The highest BCUT2D eigenvalue weighted by atomic mass is 16.5. The lowest BCUT2D eigenvalue weighted by molar-refractivity contribution is 0.0184. The molecule has 0 rings (SSSR count). The number of likely N-dealkylation sites (N-methyl/N-ethyl adjacent to an activating group) is 2. The first-order valence-corrected chi connectivity index (χ1v) is 10.2. The van der Waals surface area contributed by atoms with Gasteiger partial charge in [-0.2, -0.15) is 0 Å². The molecule has 0 bridgehead atoms. The van der Waals surface area contributed by atoms with Gasteiger partial charge in [0.15, 0.2) is 0 Å². The number of rotatable bonds is 16. The summed E-state index contributed by atoms with van der Waals surface area (Å²) in [4.78, 5) is 9.62. The third-order valence-corrected chi connectivity index (χ3v) is 5.10. The Morgan fingerprint density at radius 3 is 1.16 bits per heavy atom. The summed E-state index contributed by atoms with van der Waals surface area (Å²) in [6, 6.07) is 1.03. The molecule has 0 aromatic carbocycles. The minimum atomic E-state index is 0.517. The van der Waals surface area contributed by atoms with Crippen LogP contribution in [-0.2, 0) is 4.74 Å². The quantitative estimate of drug-likeness (QED) is 0.421. The van der Waals surface area contributed by atoms with E-state index >= 15 is 0 Å². The second-order valence-corrected chi connectivity index (χ2v) is 7.47. The Kier molecular flexibility index (Phi) is 14.8. The lowest BCUT2D eigenvalue weighted by atomic mass is 10.1. The Morgan fingerprint density at radius 1 is 0.600 bits per heavy atom. The first-order chi connectivity index (χ1) is 11.9. The zero-order valence-corrected chi connectivity index (χ0v) is 18.4. The molecule has 5 nitrogen and oxygen atoms in total. The van der Waals surface area contributed by atoms with E-state index in [1.165, 1.54) is 12.8 Å². The molecule has 152 valence electrons. The predicted molar refractivity (Wildman–Crippen MR) is 111 cm³/mol. The highest BCUT2D eigenvalue weighted by Crippen LogP contribution is 2.10. The maximum atomic E-state index is 6.27. The molecule has 0 amide bonds. The summed E-state index contributed by atoms with van der Waals surface area (Å²) in [7, 11) is 8.60. The van der Waals surface area contributed by atoms with E-state index in [0.29, 0.717) is 12.1 Å². The van der Waals surface area contributed by atoms with Crippen molar-refractivity contribution in [2.45, 2.75) is 52.6 Å². The fourth-order valence-corrected chi connectivity index (χ4v) is 3.38. The lowest BCUT2D eigenvalue weighted by Gasteiger charge is -2.33. The highest BCUT2D eigenvalue weighted by molar-refractivity contribution is 4.74. The molecule has 0 aromatic heterocycles. The smallest absolute Gasteiger partial charge is 0.0623 e. The molecule has 2 unspecified atom stereocenters. The van der Waals surface area contributed by atoms with Crippen LogP contribution in [0.5, 0.6) is 0 Å². The largest absolute Gasteiger partial charge is 0.378 e. The maximum absolute atomic E-state index is 6.27. The van der Waals surface area contributed by atoms with Crippen LogP contribution in [0.15, 0.2) is 0 Å². The molecule has 25 heavy (non-hydrogen) atoms. The average Bonchev–Trinajstić information content (AvgIpc) is 2.57. The number of ether oxygens (including phenoxy) is 1. The highest BCUT2D eigenvalue weighted by Gasteiger charge is 2.19. The van der Waals surface area contributed by atoms with Crippen LogP contribution in [0.25, 0.3) is 0 Å². The fraction of sp³-hybridized carbons (Fsp3) is 1.00. The Hall–Kier alpha value is -0.200. The Morgan fingerprint density at radius 2 is 0.920 bits per heavy atom. The molecule has 0 aliphatic heterocycles. The summed E-state index contributed by atoms with van der Waals surface area (Å²) in [5, 5.41) is 0. The van der Waals surface area contributed by atoms with Crippen molar-refractivity contribution in [3.8, 4) is 0 Å². The van der Waals surface area contributed by atoms with Crippen LogP contribution in [0.2, 0.25) is 0 Å². The average molecular weight is 359 g/mol. The van der Waals surface area contributed by atoms with Crippen molar-refractivity contribution in [2.75, 3.05) is 80.7 Å². The summed E-state index contributed by atoms with van der Waals surface area (Å²) >= 11 is 0. The van der Waals surface area contributed by atoms with Gasteiger partial charge in [0.1, 0.15) is 0 Å². The van der Waals surface area contributed by atoms with Crippen LogP contribution >= 0.6 is 0 Å². The van der Waals surface area contributed by atoms with Gasteiger partial charge in [-0.1, -0.05) is 27.7 Å². The number of hydrogen-bond donors (Lipinski definition) is 0. The summed E-state index contributed by atoms with van der Waals surface area (Å²) in [6.45, 7) is 17.3. The van der Waals surface area contributed by atoms with Crippen molar-refractivity contribution in [3.05, 3.63) is 0 Å². The molecule has 0 aromatic rings. The summed E-state index contributed by atoms with van der Waals surface area (Å²) in [5.74, 6) is 0. The normalized spacial score (nSPS) is 14.9. The van der Waals surface area contributed by atoms with Crippen LogP contribution in [0.4, 0.5) is 0 Å². The van der Waals surface area contributed by atoms with E-state index < -0.39 is 0 Å². The van der Waals surface area contributed by atoms with Gasteiger partial charge in [0.2, 0.25) is 0 Å². The van der Waals surface area contributed by atoms with Crippen molar-refractivity contribution in [3.63, 3.8) is 0 Å². The van der Waals surface area contributed by atoms with Crippen molar-refractivity contribution < 1.29 is 4.74 Å². The molecule has 0 aliphatic carbocycles. The molecule has 0 fully saturated rings. The summed E-state index contributed by atoms with van der Waals surface area (Å²) in [6.07, 6.45) is 2.34. The van der Waals surface area contributed by atoms with Gasteiger partial charge in [-0.3, -0.25) is 9.80 Å². The zero-order valence-electron chi connectivity index (χ0n) is 18.4. The van der Waals surface area contributed by atoms with Gasteiger partial charge < -0.3 is 14.5 Å². The SMILES string of the molecule is CCN(CC)C(CCN(C)C)COCC(CCN(C)C)N(CC)CC. The first kappa shape index (κ1) is 24.8. The van der Waals surface area contributed by atoms with Gasteiger partial charge in [0, 0.05) is 12.1 Å². The summed E-state index contributed by atoms with van der Waals surface area (Å²) < 4.78 is 6.27. The van der Waals surface area contributed by atoms with Gasteiger partial charge in [-0.05, 0) is 80.3 Å². The molecule has 0 heterocycles. The standard InChI is InChI=1S/C20H46N4O/c1-9-23(10-2)19(13-15-21(5)6)17-25-18-20(14-16-22(7)8)24(11-3)12-4/h19-20H,9-18H2,1-8H3. The molecule has 0 radical (unpaired) electrons. The van der Waals surface area contributed by atoms with E-state index in [1.54, 1.807) is 0 Å². The maximum Gasteiger partial charge on any atom is 0.0623 e. The second-order valence-electron chi connectivity index (χ2n) is 7.47. The van der Waals surface area contributed by atoms with Crippen LogP contribution < -0.4 is 0 Å². The Balaban J connectivity index is 4.62. The molecule has 2 atom stereocenters. The molecule has 0 N–H and O–H groups in total. The van der Waals surface area contributed by atoms with Crippen LogP contribution in [0.1, 0.15) is 40.5 Å². The van der Waals surface area contributed by atoms with Crippen LogP contribution in [0.3, 0.4) is 0 Å². The monoisotopic (exact) mass is 358 g/mol. The van der Waals surface area contributed by atoms with Crippen molar-refractivity contribution in [1.82, 2.24) is 19.6 Å². The van der Waals surface area contributed by atoms with Gasteiger partial charge in [0.05, 0.1) is 13.2 Å². The topological polar surface area (TPSA) is 22.2 Å². The van der Waals surface area contributed by atoms with E-state index in [2.05, 4.69) is 75.5 Å². The molecular weight excluding hydrogens is 312 g/mol. The van der Waals surface area contributed by atoms with E-state index in [9.17, 15) is 0 Å². The Bertz CT molecular complexity index is 263. The van der Waals surface area contributed by atoms with Gasteiger partial charge in [-0.15, -0.1) is 0 Å². The van der Waals surface area contributed by atoms with Crippen molar-refractivity contribution in [1.29, 1.82) is 0 Å². The van der Waals surface area contributed by atoms with Gasteiger partial charge in [0.25, 0.3) is 0 Å². The number of hydrogen-bond acceptors (Lipinski definition) is 5. The third kappa shape index (κ3) is 11.2. The zero-order chi connectivity index (χ0) is 19.2. The van der Waals surface area contributed by atoms with Crippen LogP contribution in [-0.4, -0.2) is 112 Å². The second kappa shape index (κ2) is 14.9. The van der Waals surface area contributed by atoms with E-state index in [1.807, 2.05) is 0 Å². The molecule has 0 aliphatic rings. The fourth-order valence-electron chi connectivity index (χ4n) is 3.38. The first-order valence-electron chi connectivity index (χ1n) is 10.2. The molecule has 0 spiro atoms. The minimum Gasteiger partial charge on any atom is -0.378 e. The molecular formula is C20H46N4O. The minimum absolute atomic E-state index is 0.517. The van der Waals surface area contributed by atoms with Crippen LogP contribution in [0, 0.1) is 0 Å². The molecule has 0 saturated carbocycles. The van der Waals surface area contributed by atoms with Crippen molar-refractivity contribution in [2.24, 2.45) is 0 Å². The molecule has 0 saturated heterocycles. The third-order valence-electron chi connectivity index (χ3n) is 5.10. The molecule has 5 heteroatoms.